The number of carbonyl (C=O) groups is 2. The smallest absolute Gasteiger partial charge is 0.342 e. The van der Waals surface area contributed by atoms with Crippen LogP contribution in [0.5, 0.6) is 11.5 Å². The minimum atomic E-state index is -2.61. The summed E-state index contributed by atoms with van der Waals surface area (Å²) < 4.78 is 27.9. The van der Waals surface area contributed by atoms with Crippen LogP contribution < -0.4 is 9.47 Å². The van der Waals surface area contributed by atoms with E-state index in [0.29, 0.717) is 22.8 Å². The summed E-state index contributed by atoms with van der Waals surface area (Å²) in [7, 11) is 2.60. The Bertz CT molecular complexity index is 1340. The van der Waals surface area contributed by atoms with Gasteiger partial charge in [0, 0.05) is 13.0 Å². The topological polar surface area (TPSA) is 124 Å². The molecule has 0 radical (unpaired) electrons. The first-order valence-electron chi connectivity index (χ1n) is 13.5. The monoisotopic (exact) mass is 551 g/mol. The summed E-state index contributed by atoms with van der Waals surface area (Å²) in [5, 5.41) is 22.5. The highest BCUT2D eigenvalue weighted by atomic mass is 16.7. The van der Waals surface area contributed by atoms with Crippen LogP contribution in [0.4, 0.5) is 0 Å². The van der Waals surface area contributed by atoms with Crippen LogP contribution in [0.2, 0.25) is 0 Å². The van der Waals surface area contributed by atoms with Crippen molar-refractivity contribution >= 4 is 11.9 Å². The van der Waals surface area contributed by atoms with E-state index in [0.717, 1.165) is 50.6 Å². The Morgan fingerprint density at radius 3 is 2.62 bits per heavy atom. The summed E-state index contributed by atoms with van der Waals surface area (Å²) in [6.07, 6.45) is 1.14. The molecule has 40 heavy (non-hydrogen) atoms. The number of rotatable bonds is 7. The molecule has 1 unspecified atom stereocenters. The Balaban J connectivity index is 1.41. The second-order valence-corrected chi connectivity index (χ2v) is 10.8. The number of ether oxygens (including phenoxy) is 5. The molecule has 5 atom stereocenters. The largest absolute Gasteiger partial charge is 0.497 e. The molecule has 3 aliphatic heterocycles. The molecule has 0 aromatic heterocycles. The van der Waals surface area contributed by atoms with Crippen molar-refractivity contribution in [3.05, 3.63) is 71.0 Å². The van der Waals surface area contributed by atoms with Gasteiger partial charge in [0.15, 0.2) is 23.7 Å². The van der Waals surface area contributed by atoms with E-state index in [1.54, 1.807) is 30.3 Å². The Morgan fingerprint density at radius 2 is 1.90 bits per heavy atom. The number of aliphatic hydroxyl groups excluding tert-OH is 1. The van der Waals surface area contributed by atoms with Gasteiger partial charge in [0.1, 0.15) is 5.76 Å². The molecule has 2 aromatic rings. The van der Waals surface area contributed by atoms with Crippen LogP contribution in [-0.4, -0.2) is 84.5 Å². The molecule has 1 saturated heterocycles. The van der Waals surface area contributed by atoms with Crippen LogP contribution in [0, 0.1) is 0 Å². The van der Waals surface area contributed by atoms with Gasteiger partial charge in [-0.15, -0.1) is 0 Å². The summed E-state index contributed by atoms with van der Waals surface area (Å²) in [5.41, 5.74) is -0.544. The predicted molar refractivity (Wildman–Crippen MR) is 141 cm³/mol. The quantitative estimate of drug-likeness (QED) is 0.493. The number of benzene rings is 2. The third kappa shape index (κ3) is 4.13. The number of methoxy groups -OCH3 is 2. The van der Waals surface area contributed by atoms with Gasteiger partial charge < -0.3 is 33.9 Å². The van der Waals surface area contributed by atoms with E-state index >= 15 is 0 Å². The molecule has 1 aliphatic carbocycles. The van der Waals surface area contributed by atoms with E-state index in [2.05, 4.69) is 9.64 Å². The van der Waals surface area contributed by atoms with Crippen molar-refractivity contribution in [2.75, 3.05) is 34.1 Å². The minimum Gasteiger partial charge on any atom is -0.497 e. The Morgan fingerprint density at radius 1 is 1.15 bits per heavy atom. The Kier molecular flexibility index (Phi) is 6.72. The van der Waals surface area contributed by atoms with Gasteiger partial charge in [-0.25, -0.2) is 9.59 Å². The molecule has 2 N–H and O–H groups in total. The number of hydrogen-bond acceptors (Lipinski definition) is 10. The van der Waals surface area contributed by atoms with Crippen molar-refractivity contribution in [3.63, 3.8) is 0 Å². The lowest BCUT2D eigenvalue weighted by Crippen LogP contribution is -2.57. The van der Waals surface area contributed by atoms with Crippen LogP contribution in [-0.2, 0) is 36.6 Å². The van der Waals surface area contributed by atoms with Gasteiger partial charge in [0.2, 0.25) is 12.4 Å². The first-order valence-corrected chi connectivity index (χ1v) is 13.5. The van der Waals surface area contributed by atoms with Gasteiger partial charge in [-0.05, 0) is 60.7 Å². The molecule has 1 fully saturated rings. The van der Waals surface area contributed by atoms with E-state index in [9.17, 15) is 19.8 Å². The zero-order valence-electron chi connectivity index (χ0n) is 22.5. The van der Waals surface area contributed by atoms with E-state index in [1.165, 1.54) is 7.11 Å². The Hall–Kier alpha value is -3.60. The van der Waals surface area contributed by atoms with Crippen molar-refractivity contribution in [2.45, 2.75) is 54.9 Å². The van der Waals surface area contributed by atoms with Gasteiger partial charge >= 0.3 is 11.9 Å². The second-order valence-electron chi connectivity index (χ2n) is 10.8. The van der Waals surface area contributed by atoms with Crippen LogP contribution in [0.3, 0.4) is 0 Å². The number of hydrogen-bond donors (Lipinski definition) is 2. The van der Waals surface area contributed by atoms with Crippen molar-refractivity contribution in [2.24, 2.45) is 0 Å². The summed E-state index contributed by atoms with van der Waals surface area (Å²) in [6.45, 7) is 1.82. The maximum absolute atomic E-state index is 13.9. The molecule has 4 aliphatic rings. The van der Waals surface area contributed by atoms with Crippen LogP contribution in [0.25, 0.3) is 0 Å². The fourth-order valence-electron chi connectivity index (χ4n) is 6.81. The van der Waals surface area contributed by atoms with Crippen molar-refractivity contribution in [3.8, 4) is 11.5 Å². The first-order chi connectivity index (χ1) is 19.3. The first kappa shape index (κ1) is 26.6. The molecule has 10 nitrogen and oxygen atoms in total. The lowest BCUT2D eigenvalue weighted by molar-refractivity contribution is -0.193. The van der Waals surface area contributed by atoms with Gasteiger partial charge in [-0.1, -0.05) is 30.3 Å². The average molecular weight is 552 g/mol. The molecule has 1 spiro atoms. The molecule has 6 rings (SSSR count). The molecule has 0 amide bonds. The molecule has 0 bridgehead atoms. The number of fused-ring (bicyclic) bond motifs is 3. The molecule has 0 saturated carbocycles. The zero-order valence-corrected chi connectivity index (χ0v) is 22.5. The van der Waals surface area contributed by atoms with Crippen molar-refractivity contribution in [1.29, 1.82) is 0 Å². The highest BCUT2D eigenvalue weighted by molar-refractivity contribution is 5.89. The highest BCUT2D eigenvalue weighted by Gasteiger charge is 2.60. The van der Waals surface area contributed by atoms with Crippen LogP contribution in [0.15, 0.2) is 54.3 Å². The second kappa shape index (κ2) is 10.1. The fourth-order valence-corrected chi connectivity index (χ4v) is 6.81. The normalized spacial score (nSPS) is 26.9. The third-order valence-corrected chi connectivity index (χ3v) is 8.74. The van der Waals surface area contributed by atoms with Crippen LogP contribution >= 0.6 is 0 Å². The summed E-state index contributed by atoms with van der Waals surface area (Å²) in [4.78, 5) is 28.7. The number of aliphatic hydroxyl groups is 2. The van der Waals surface area contributed by atoms with Gasteiger partial charge in [0.05, 0.1) is 25.7 Å². The standard InChI is InChI=1S/C30H33NO9/c1-36-23-16-29-10-6-11-31(29)12-9-19-13-21-22(39-17-38-21)14-20(19)24(29)25(23)40-28(34)30(35,26(32)27(33)37-2)15-18-7-4-3-5-8-18/h3-5,7-8,13-14,16,24-26,32,35H,6,9-12,15,17H2,1-2H3/t24?,25-,26-,29-,30-/m1/s1. The lowest BCUT2D eigenvalue weighted by Gasteiger charge is -2.40. The van der Waals surface area contributed by atoms with E-state index in [1.807, 2.05) is 18.2 Å². The molecular weight excluding hydrogens is 518 g/mol. The lowest BCUT2D eigenvalue weighted by atomic mass is 9.77. The predicted octanol–water partition coefficient (Wildman–Crippen LogP) is 1.85. The summed E-state index contributed by atoms with van der Waals surface area (Å²) in [6, 6.07) is 12.6. The van der Waals surface area contributed by atoms with E-state index in [4.69, 9.17) is 18.9 Å². The maximum atomic E-state index is 13.9. The summed E-state index contributed by atoms with van der Waals surface area (Å²) >= 11 is 0. The van der Waals surface area contributed by atoms with E-state index < -0.39 is 35.3 Å². The average Bonchev–Trinajstić information content (AvgIpc) is 3.66. The number of nitrogens with zero attached hydrogens (tertiary/aromatic N) is 1. The third-order valence-electron chi connectivity index (χ3n) is 8.74. The highest BCUT2D eigenvalue weighted by Crippen LogP contribution is 2.55. The van der Waals surface area contributed by atoms with Gasteiger partial charge in [-0.2, -0.15) is 0 Å². The molecule has 212 valence electrons. The van der Waals surface area contributed by atoms with Crippen molar-refractivity contribution in [1.82, 2.24) is 4.90 Å². The molecular formula is C30H33NO9. The number of carbonyl (C=O) groups excluding carboxylic acids is 2. The molecule has 2 aromatic carbocycles. The molecule has 10 heteroatoms. The molecule has 3 heterocycles. The maximum Gasteiger partial charge on any atom is 0.342 e. The van der Waals surface area contributed by atoms with Crippen molar-refractivity contribution < 1.29 is 43.5 Å². The summed E-state index contributed by atoms with van der Waals surface area (Å²) in [5.74, 6) is -0.911. The minimum absolute atomic E-state index is 0.137. The fraction of sp³-hybridized carbons (Fsp3) is 0.467. The SMILES string of the molecule is COC(=O)[C@@H](O)[C@](O)(Cc1ccccc1)C(=O)O[C@@H]1C(OC)=C[C@@]23CCCN2CCc2cc4c(cc2C13)OCO4. The van der Waals surface area contributed by atoms with E-state index in [-0.39, 0.29) is 19.1 Å². The van der Waals surface area contributed by atoms with Gasteiger partial charge in [0.25, 0.3) is 0 Å². The number of esters is 2. The van der Waals surface area contributed by atoms with Crippen LogP contribution in [0.1, 0.15) is 35.4 Å². The van der Waals surface area contributed by atoms with Gasteiger partial charge in [-0.3, -0.25) is 4.90 Å². The zero-order chi connectivity index (χ0) is 28.1. The Labute approximate surface area is 232 Å².